The largest absolute Gasteiger partial charge is 0.493 e. The van der Waals surface area contributed by atoms with E-state index < -0.39 is 5.41 Å². The van der Waals surface area contributed by atoms with E-state index in [1.807, 2.05) is 38.1 Å². The zero-order valence-electron chi connectivity index (χ0n) is 21.8. The molecule has 0 saturated heterocycles. The Balaban J connectivity index is 1.31. The number of amides is 1. The zero-order valence-corrected chi connectivity index (χ0v) is 21.8. The van der Waals surface area contributed by atoms with E-state index in [0.717, 1.165) is 23.8 Å². The molecule has 1 saturated carbocycles. The molecule has 2 aliphatic rings. The predicted octanol–water partition coefficient (Wildman–Crippen LogP) is 4.75. The van der Waals surface area contributed by atoms with Crippen molar-refractivity contribution in [2.45, 2.75) is 44.6 Å². The highest BCUT2D eigenvalue weighted by Gasteiger charge is 2.41. The number of hydrogen-bond acceptors (Lipinski definition) is 6. The molecule has 0 aliphatic heterocycles. The summed E-state index contributed by atoms with van der Waals surface area (Å²) in [5.41, 5.74) is 3.83. The first-order chi connectivity index (χ1) is 18.8. The third kappa shape index (κ3) is 4.68. The second-order valence-corrected chi connectivity index (χ2v) is 10.5. The predicted molar refractivity (Wildman–Crippen MR) is 146 cm³/mol. The summed E-state index contributed by atoms with van der Waals surface area (Å²) < 4.78 is 12.1. The molecule has 1 amide bonds. The summed E-state index contributed by atoms with van der Waals surface area (Å²) >= 11 is 0. The van der Waals surface area contributed by atoms with Gasteiger partial charge in [-0.05, 0) is 86.7 Å². The number of hydrogen-bond donors (Lipinski definition) is 2. The lowest BCUT2D eigenvalue weighted by Crippen LogP contribution is -2.29. The highest BCUT2D eigenvalue weighted by Crippen LogP contribution is 2.46. The summed E-state index contributed by atoms with van der Waals surface area (Å²) in [7, 11) is 0. The number of rotatable bonds is 6. The Kier molecular flexibility index (Phi) is 6.20. The highest BCUT2D eigenvalue weighted by atomic mass is 16.5. The number of benzene rings is 2. The molecule has 0 unspecified atom stereocenters. The molecule has 7 nitrogen and oxygen atoms in total. The summed E-state index contributed by atoms with van der Waals surface area (Å²) in [6.45, 7) is 4.53. The second kappa shape index (κ2) is 9.72. The minimum Gasteiger partial charge on any atom is -0.493 e. The number of carbonyl (C=O) groups excluding carboxylic acids is 2. The van der Waals surface area contributed by atoms with Crippen LogP contribution in [-0.2, 0) is 5.41 Å². The molecule has 39 heavy (non-hydrogen) atoms. The maximum atomic E-state index is 13.6. The van der Waals surface area contributed by atoms with Crippen LogP contribution in [0.3, 0.4) is 0 Å². The van der Waals surface area contributed by atoms with Crippen LogP contribution >= 0.6 is 0 Å². The number of ether oxygens (including phenoxy) is 1. The van der Waals surface area contributed by atoms with Crippen LogP contribution in [0.4, 0.5) is 0 Å². The van der Waals surface area contributed by atoms with Gasteiger partial charge in [-0.25, -0.2) is 4.98 Å². The van der Waals surface area contributed by atoms with E-state index in [4.69, 9.17) is 14.3 Å². The molecule has 0 spiro atoms. The van der Waals surface area contributed by atoms with Gasteiger partial charge in [0.25, 0.3) is 5.91 Å². The maximum Gasteiger partial charge on any atom is 0.251 e. The highest BCUT2D eigenvalue weighted by molar-refractivity contribution is 6.19. The van der Waals surface area contributed by atoms with Crippen LogP contribution in [0.2, 0.25) is 0 Å². The molecule has 196 valence electrons. The van der Waals surface area contributed by atoms with Gasteiger partial charge in [0.15, 0.2) is 5.78 Å². The van der Waals surface area contributed by atoms with Crippen molar-refractivity contribution in [2.75, 3.05) is 13.2 Å². The van der Waals surface area contributed by atoms with Gasteiger partial charge in [0.05, 0.1) is 12.2 Å². The first-order valence-corrected chi connectivity index (χ1v) is 13.1. The van der Waals surface area contributed by atoms with Gasteiger partial charge in [0.1, 0.15) is 22.8 Å². The lowest BCUT2D eigenvalue weighted by molar-refractivity contribution is 0.0950. The number of fused-ring (bicyclic) bond motifs is 4. The van der Waals surface area contributed by atoms with Crippen LogP contribution < -0.4 is 10.1 Å². The van der Waals surface area contributed by atoms with Crippen molar-refractivity contribution in [3.05, 3.63) is 94.0 Å². The van der Waals surface area contributed by atoms with E-state index in [2.05, 4.69) is 22.1 Å². The van der Waals surface area contributed by atoms with E-state index in [1.54, 1.807) is 30.5 Å². The van der Waals surface area contributed by atoms with Crippen LogP contribution in [0.15, 0.2) is 59.1 Å². The second-order valence-electron chi connectivity index (χ2n) is 10.5. The quantitative estimate of drug-likeness (QED) is 0.281. The molecule has 2 aromatic carbocycles. The van der Waals surface area contributed by atoms with Crippen molar-refractivity contribution < 1.29 is 23.8 Å². The van der Waals surface area contributed by atoms with Gasteiger partial charge < -0.3 is 19.6 Å². The molecule has 2 aromatic heterocycles. The molecule has 0 bridgehead atoms. The Morgan fingerprint density at radius 3 is 2.79 bits per heavy atom. The van der Waals surface area contributed by atoms with Crippen molar-refractivity contribution >= 4 is 22.7 Å². The van der Waals surface area contributed by atoms with Crippen molar-refractivity contribution in [3.63, 3.8) is 0 Å². The van der Waals surface area contributed by atoms with E-state index >= 15 is 0 Å². The molecule has 4 aromatic rings. The zero-order chi connectivity index (χ0) is 27.1. The smallest absolute Gasteiger partial charge is 0.251 e. The molecule has 2 heterocycles. The molecule has 1 fully saturated rings. The van der Waals surface area contributed by atoms with E-state index in [1.165, 1.54) is 0 Å². The summed E-state index contributed by atoms with van der Waals surface area (Å²) in [5, 5.41) is 12.8. The summed E-state index contributed by atoms with van der Waals surface area (Å²) in [6.07, 6.45) is 4.18. The van der Waals surface area contributed by atoms with Crippen molar-refractivity contribution in [2.24, 2.45) is 0 Å². The van der Waals surface area contributed by atoms with Crippen molar-refractivity contribution in [3.8, 4) is 17.6 Å². The minimum atomic E-state index is -0.564. The molecule has 0 atom stereocenters. The van der Waals surface area contributed by atoms with Crippen LogP contribution in [-0.4, -0.2) is 41.0 Å². The summed E-state index contributed by atoms with van der Waals surface area (Å²) in [6, 6.07) is 14.7. The molecular weight excluding hydrogens is 492 g/mol. The summed E-state index contributed by atoms with van der Waals surface area (Å²) in [4.78, 5) is 30.2. The Bertz CT molecular complexity index is 1680. The lowest BCUT2D eigenvalue weighted by atomic mass is 9.71. The maximum absolute atomic E-state index is 13.6. The number of pyridine rings is 1. The van der Waals surface area contributed by atoms with Crippen LogP contribution in [0.25, 0.3) is 11.0 Å². The molecule has 6 rings (SSSR count). The fraction of sp³-hybridized carbons (Fsp3) is 0.281. The Labute approximate surface area is 226 Å². The van der Waals surface area contributed by atoms with Crippen LogP contribution in [0, 0.1) is 11.8 Å². The Hall–Kier alpha value is -4.41. The minimum absolute atomic E-state index is 0.0596. The average Bonchev–Trinajstić information content (AvgIpc) is 3.67. The lowest BCUT2D eigenvalue weighted by Gasteiger charge is -2.30. The van der Waals surface area contributed by atoms with E-state index in [-0.39, 0.29) is 24.3 Å². The first kappa shape index (κ1) is 24.9. The molecular formula is C32H28N2O5. The third-order valence-electron chi connectivity index (χ3n) is 7.23. The third-order valence-corrected chi connectivity index (χ3v) is 7.23. The van der Waals surface area contributed by atoms with Gasteiger partial charge in [0.2, 0.25) is 0 Å². The standard InChI is InChI=1S/C32H28N2O5/c1-32(2)26-18-23(38-15-3-14-35)9-11-24(26)29(36)28-25-10-5-19(16-27(25)39-30(28)32)4-6-22-17-20(12-13-33-22)31(37)34-21-7-8-21/h5,9-13,16-18,21,35H,3,7-8,14-15H2,1-2H3,(H,34,37). The average molecular weight is 521 g/mol. The number of aromatic nitrogens is 1. The van der Waals surface area contributed by atoms with E-state index in [0.29, 0.717) is 58.1 Å². The first-order valence-electron chi connectivity index (χ1n) is 13.1. The number of ketones is 1. The number of carbonyl (C=O) groups is 2. The summed E-state index contributed by atoms with van der Waals surface area (Å²) in [5.74, 6) is 7.23. The van der Waals surface area contributed by atoms with Crippen molar-refractivity contribution in [1.29, 1.82) is 0 Å². The van der Waals surface area contributed by atoms with E-state index in [9.17, 15) is 9.59 Å². The number of furan rings is 1. The fourth-order valence-corrected chi connectivity index (χ4v) is 4.95. The Morgan fingerprint density at radius 1 is 1.15 bits per heavy atom. The van der Waals surface area contributed by atoms with Gasteiger partial charge in [0, 0.05) is 52.8 Å². The van der Waals surface area contributed by atoms with Crippen LogP contribution in [0.1, 0.15) is 82.0 Å². The monoisotopic (exact) mass is 520 g/mol. The van der Waals surface area contributed by atoms with Gasteiger partial charge in [-0.1, -0.05) is 5.92 Å². The normalized spacial score (nSPS) is 15.2. The molecule has 7 heteroatoms. The number of aliphatic hydroxyl groups excluding tert-OH is 1. The number of aliphatic hydroxyl groups is 1. The number of nitrogens with zero attached hydrogens (tertiary/aromatic N) is 1. The van der Waals surface area contributed by atoms with Gasteiger partial charge in [-0.2, -0.15) is 0 Å². The van der Waals surface area contributed by atoms with Gasteiger partial charge >= 0.3 is 0 Å². The molecule has 2 aliphatic carbocycles. The van der Waals surface area contributed by atoms with Gasteiger partial charge in [-0.15, -0.1) is 0 Å². The molecule has 2 N–H and O–H groups in total. The SMILES string of the molecule is CC1(C)c2cc(OCCCO)ccc2C(=O)c2c1oc1cc(C#Cc3cc(C(=O)NC4CC4)ccn3)ccc21. The number of nitrogens with one attached hydrogen (secondary N) is 1. The Morgan fingerprint density at radius 2 is 2.00 bits per heavy atom. The fourth-order valence-electron chi connectivity index (χ4n) is 4.95. The van der Waals surface area contributed by atoms with Gasteiger partial charge in [-0.3, -0.25) is 9.59 Å². The van der Waals surface area contributed by atoms with Crippen LogP contribution in [0.5, 0.6) is 5.75 Å². The topological polar surface area (TPSA) is 102 Å². The van der Waals surface area contributed by atoms with Crippen molar-refractivity contribution in [1.82, 2.24) is 10.3 Å². The molecule has 0 radical (unpaired) electrons.